The molecule has 3 aromatic heterocycles. The molecule has 10 heteroatoms. The number of anilines is 1. The van der Waals surface area contributed by atoms with Crippen LogP contribution in [-0.4, -0.2) is 48.3 Å². The smallest absolute Gasteiger partial charge is 0.242 e. The summed E-state index contributed by atoms with van der Waals surface area (Å²) in [6.07, 6.45) is 5.90. The number of amides is 1. The number of nitrogens with zero attached hydrogens (tertiary/aromatic N) is 6. The van der Waals surface area contributed by atoms with Crippen molar-refractivity contribution in [3.63, 3.8) is 0 Å². The third-order valence-corrected chi connectivity index (χ3v) is 5.02. The highest BCUT2D eigenvalue weighted by Crippen LogP contribution is 2.26. The van der Waals surface area contributed by atoms with Crippen molar-refractivity contribution in [2.75, 3.05) is 11.9 Å². The number of nitrogens with one attached hydrogen (secondary N) is 3. The molecule has 1 amide bonds. The summed E-state index contributed by atoms with van der Waals surface area (Å²) < 4.78 is 1.59. The Morgan fingerprint density at radius 2 is 2.21 bits per heavy atom. The van der Waals surface area contributed by atoms with Crippen LogP contribution >= 0.6 is 0 Å². The SMILES string of the molecule is N#Cc1cccc2c1nc(N[C@@H]1CCCCNC1=O)n1nc(-c3cn[nH]c3)nc21. The first-order valence-electron chi connectivity index (χ1n) is 9.37. The third-order valence-electron chi connectivity index (χ3n) is 5.02. The molecule has 0 bridgehead atoms. The summed E-state index contributed by atoms with van der Waals surface area (Å²) >= 11 is 0. The molecule has 0 aliphatic carbocycles. The standard InChI is InChI=1S/C19H17N9O/c20-8-11-4-3-5-13-15(11)25-19(24-14-6-1-2-7-21-18(14)29)28-17(13)26-16(27-28)12-9-22-23-10-12/h3-5,9-10,14H,1-2,6-7H2,(H,21,29)(H,22,23)(H,24,25)/t14-/m1/s1. The Labute approximate surface area is 165 Å². The Balaban J connectivity index is 1.72. The molecule has 4 heterocycles. The Bertz CT molecular complexity index is 1250. The highest BCUT2D eigenvalue weighted by atomic mass is 16.2. The summed E-state index contributed by atoms with van der Waals surface area (Å²) in [4.78, 5) is 21.7. The molecule has 1 saturated heterocycles. The summed E-state index contributed by atoms with van der Waals surface area (Å²) in [6, 6.07) is 7.11. The number of nitriles is 1. The lowest BCUT2D eigenvalue weighted by Gasteiger charge is -2.16. The second-order valence-corrected chi connectivity index (χ2v) is 6.89. The molecule has 0 spiro atoms. The minimum atomic E-state index is -0.429. The molecule has 4 aromatic rings. The fourth-order valence-electron chi connectivity index (χ4n) is 3.54. The lowest BCUT2D eigenvalue weighted by Crippen LogP contribution is -2.38. The van der Waals surface area contributed by atoms with Crippen LogP contribution in [0.25, 0.3) is 27.9 Å². The molecular formula is C19H17N9O. The summed E-state index contributed by atoms with van der Waals surface area (Å²) in [6.45, 7) is 0.671. The number of hydrogen-bond donors (Lipinski definition) is 3. The lowest BCUT2D eigenvalue weighted by atomic mass is 10.1. The molecule has 1 aliphatic rings. The molecule has 5 rings (SSSR count). The molecule has 1 aromatic carbocycles. The Hall–Kier alpha value is -4.00. The maximum absolute atomic E-state index is 12.4. The number of aromatic nitrogens is 6. The van der Waals surface area contributed by atoms with Crippen LogP contribution in [0.2, 0.25) is 0 Å². The van der Waals surface area contributed by atoms with Crippen molar-refractivity contribution in [2.24, 2.45) is 0 Å². The highest BCUT2D eigenvalue weighted by molar-refractivity contribution is 5.96. The number of hydrogen-bond acceptors (Lipinski definition) is 7. The number of fused-ring (bicyclic) bond motifs is 3. The Morgan fingerprint density at radius 1 is 1.28 bits per heavy atom. The van der Waals surface area contributed by atoms with Gasteiger partial charge < -0.3 is 10.6 Å². The van der Waals surface area contributed by atoms with E-state index in [9.17, 15) is 10.1 Å². The molecule has 0 saturated carbocycles. The number of aromatic amines is 1. The van der Waals surface area contributed by atoms with Gasteiger partial charge in [0.15, 0.2) is 11.5 Å². The zero-order chi connectivity index (χ0) is 19.8. The average Bonchev–Trinajstić information content (AvgIpc) is 3.38. The van der Waals surface area contributed by atoms with Gasteiger partial charge in [0, 0.05) is 18.1 Å². The van der Waals surface area contributed by atoms with Gasteiger partial charge in [0.25, 0.3) is 0 Å². The quantitative estimate of drug-likeness (QED) is 0.486. The molecule has 144 valence electrons. The van der Waals surface area contributed by atoms with Crippen molar-refractivity contribution in [3.8, 4) is 17.5 Å². The minimum Gasteiger partial charge on any atom is -0.354 e. The number of para-hydroxylation sites is 1. The normalized spacial score (nSPS) is 17.1. The van der Waals surface area contributed by atoms with Crippen molar-refractivity contribution < 1.29 is 4.79 Å². The molecule has 0 unspecified atom stereocenters. The largest absolute Gasteiger partial charge is 0.354 e. The van der Waals surface area contributed by atoms with Crippen LogP contribution in [0.5, 0.6) is 0 Å². The monoisotopic (exact) mass is 387 g/mol. The van der Waals surface area contributed by atoms with Crippen LogP contribution < -0.4 is 10.6 Å². The summed E-state index contributed by atoms with van der Waals surface area (Å²) in [5.41, 5.74) is 2.24. The van der Waals surface area contributed by atoms with E-state index >= 15 is 0 Å². The zero-order valence-corrected chi connectivity index (χ0v) is 15.4. The van der Waals surface area contributed by atoms with E-state index in [1.165, 1.54) is 0 Å². The number of rotatable bonds is 3. The van der Waals surface area contributed by atoms with Gasteiger partial charge in [-0.3, -0.25) is 9.89 Å². The second-order valence-electron chi connectivity index (χ2n) is 6.89. The molecule has 3 N–H and O–H groups in total. The van der Waals surface area contributed by atoms with Crippen molar-refractivity contribution in [1.29, 1.82) is 5.26 Å². The van der Waals surface area contributed by atoms with Crippen LogP contribution in [-0.2, 0) is 4.79 Å². The molecule has 10 nitrogen and oxygen atoms in total. The topological polar surface area (TPSA) is 137 Å². The first-order chi connectivity index (χ1) is 14.2. The predicted octanol–water partition coefficient (Wildman–Crippen LogP) is 1.62. The van der Waals surface area contributed by atoms with Gasteiger partial charge in [-0.25, -0.2) is 9.97 Å². The molecule has 29 heavy (non-hydrogen) atoms. The Kier molecular flexibility index (Phi) is 4.05. The summed E-state index contributed by atoms with van der Waals surface area (Å²) in [7, 11) is 0. The minimum absolute atomic E-state index is 0.0683. The Morgan fingerprint density at radius 3 is 3.03 bits per heavy atom. The lowest BCUT2D eigenvalue weighted by molar-refractivity contribution is -0.121. The van der Waals surface area contributed by atoms with E-state index < -0.39 is 6.04 Å². The average molecular weight is 387 g/mol. The van der Waals surface area contributed by atoms with Crippen molar-refractivity contribution in [1.82, 2.24) is 35.1 Å². The van der Waals surface area contributed by atoms with Crippen molar-refractivity contribution >= 4 is 28.4 Å². The van der Waals surface area contributed by atoms with Gasteiger partial charge in [0.05, 0.1) is 22.8 Å². The van der Waals surface area contributed by atoms with Gasteiger partial charge in [-0.05, 0) is 31.4 Å². The molecule has 1 fully saturated rings. The molecule has 0 radical (unpaired) electrons. The first-order valence-corrected chi connectivity index (χ1v) is 9.37. The van der Waals surface area contributed by atoms with Crippen LogP contribution in [0, 0.1) is 11.3 Å². The highest BCUT2D eigenvalue weighted by Gasteiger charge is 2.24. The summed E-state index contributed by atoms with van der Waals surface area (Å²) in [5, 5.41) is 27.7. The maximum atomic E-state index is 12.4. The van der Waals surface area contributed by atoms with Crippen molar-refractivity contribution in [2.45, 2.75) is 25.3 Å². The van der Waals surface area contributed by atoms with E-state index in [1.54, 1.807) is 29.0 Å². The van der Waals surface area contributed by atoms with E-state index in [2.05, 4.69) is 42.0 Å². The number of carbonyl (C=O) groups is 1. The second kappa shape index (κ2) is 6.87. The number of H-pyrrole nitrogens is 1. The molecule has 1 aliphatic heterocycles. The van der Waals surface area contributed by atoms with Crippen LogP contribution in [0.15, 0.2) is 30.6 Å². The van der Waals surface area contributed by atoms with Gasteiger partial charge in [0.2, 0.25) is 11.9 Å². The maximum Gasteiger partial charge on any atom is 0.242 e. The van der Waals surface area contributed by atoms with E-state index in [4.69, 9.17) is 0 Å². The van der Waals surface area contributed by atoms with E-state index in [0.29, 0.717) is 46.9 Å². The predicted molar refractivity (Wildman–Crippen MR) is 105 cm³/mol. The van der Waals surface area contributed by atoms with Crippen LogP contribution in [0.1, 0.15) is 24.8 Å². The third kappa shape index (κ3) is 2.93. The van der Waals surface area contributed by atoms with Gasteiger partial charge in [0.1, 0.15) is 12.1 Å². The van der Waals surface area contributed by atoms with Crippen LogP contribution in [0.4, 0.5) is 5.95 Å². The van der Waals surface area contributed by atoms with Gasteiger partial charge in [-0.2, -0.15) is 14.9 Å². The first kappa shape index (κ1) is 17.1. The molecule has 1 atom stereocenters. The zero-order valence-electron chi connectivity index (χ0n) is 15.4. The fourth-order valence-corrected chi connectivity index (χ4v) is 3.54. The van der Waals surface area contributed by atoms with E-state index in [-0.39, 0.29) is 5.91 Å². The van der Waals surface area contributed by atoms with E-state index in [0.717, 1.165) is 18.4 Å². The fraction of sp³-hybridized carbons (Fsp3) is 0.263. The van der Waals surface area contributed by atoms with Gasteiger partial charge >= 0.3 is 0 Å². The van der Waals surface area contributed by atoms with Crippen molar-refractivity contribution in [3.05, 3.63) is 36.2 Å². The number of carbonyl (C=O) groups excluding carboxylic acids is 1. The summed E-state index contributed by atoms with van der Waals surface area (Å²) in [5.74, 6) is 0.782. The van der Waals surface area contributed by atoms with Gasteiger partial charge in [-0.1, -0.05) is 6.07 Å². The van der Waals surface area contributed by atoms with Crippen LogP contribution in [0.3, 0.4) is 0 Å². The van der Waals surface area contributed by atoms with E-state index in [1.807, 2.05) is 6.07 Å². The van der Waals surface area contributed by atoms with Gasteiger partial charge in [-0.15, -0.1) is 5.10 Å². The number of benzene rings is 1. The molecular weight excluding hydrogens is 370 g/mol.